The molecular weight excluding hydrogens is 779 g/mol. The number of rotatable bonds is 7. The van der Waals surface area contributed by atoms with Gasteiger partial charge in [-0.05, 0) is 150 Å². The van der Waals surface area contributed by atoms with Crippen molar-refractivity contribution in [2.24, 2.45) is 0 Å². The van der Waals surface area contributed by atoms with E-state index in [0.717, 1.165) is 92.8 Å². The summed E-state index contributed by atoms with van der Waals surface area (Å²) in [5, 5.41) is 7.26. The summed E-state index contributed by atoms with van der Waals surface area (Å²) in [5.74, 6) is 0. The SMILES string of the molecule is CCCCc1ccc2c(c1)c1cc(CCCC)cc3c1n2-c1cc2c(oc4ccccc42)c2c1B3N(c1cc3c(cc1C)C(C)(C)CCC3(C)C)c1ccc3c(oc4ccccc43)c1-2. The number of unbranched alkanes of at least 4 members (excludes halogenated alkanes) is 2. The summed E-state index contributed by atoms with van der Waals surface area (Å²) in [4.78, 5) is 2.74. The zero-order valence-electron chi connectivity index (χ0n) is 38.3. The Morgan fingerprint density at radius 1 is 0.562 bits per heavy atom. The second kappa shape index (κ2) is 13.4. The number of aromatic nitrogens is 1. The molecule has 64 heavy (non-hydrogen) atoms. The third-order valence-electron chi connectivity index (χ3n) is 15.9. The molecule has 1 aliphatic carbocycles. The van der Waals surface area contributed by atoms with Gasteiger partial charge < -0.3 is 18.2 Å². The molecule has 10 aromatic rings. The molecule has 13 rings (SSSR count). The molecule has 0 fully saturated rings. The zero-order chi connectivity index (χ0) is 43.4. The van der Waals surface area contributed by atoms with Gasteiger partial charge in [0.25, 0.3) is 0 Å². The highest BCUT2D eigenvalue weighted by Gasteiger charge is 2.48. The van der Waals surface area contributed by atoms with Gasteiger partial charge >= 0.3 is 6.85 Å². The molecule has 0 bridgehead atoms. The van der Waals surface area contributed by atoms with E-state index >= 15 is 0 Å². The highest BCUT2D eigenvalue weighted by Crippen LogP contribution is 2.54. The van der Waals surface area contributed by atoms with Crippen LogP contribution in [0.4, 0.5) is 11.4 Å². The molecule has 3 aromatic heterocycles. The smallest absolute Gasteiger partial charge is 0.333 e. The Bertz CT molecular complexity index is 3630. The predicted molar refractivity (Wildman–Crippen MR) is 272 cm³/mol. The average molecular weight is 835 g/mol. The zero-order valence-corrected chi connectivity index (χ0v) is 38.3. The van der Waals surface area contributed by atoms with Crippen LogP contribution in [0, 0.1) is 6.92 Å². The Hall–Kier alpha value is -6.20. The Morgan fingerprint density at radius 2 is 1.20 bits per heavy atom. The minimum atomic E-state index is -0.131. The van der Waals surface area contributed by atoms with Gasteiger partial charge in [0.1, 0.15) is 22.3 Å². The molecule has 0 atom stereocenters. The fraction of sp³-hybridized carbons (Fsp3) is 0.288. The molecule has 0 saturated carbocycles. The number of furan rings is 2. The monoisotopic (exact) mass is 834 g/mol. The molecule has 0 amide bonds. The van der Waals surface area contributed by atoms with Gasteiger partial charge in [-0.25, -0.2) is 0 Å². The molecule has 0 N–H and O–H groups in total. The third kappa shape index (κ3) is 5.13. The Labute approximate surface area is 375 Å². The highest BCUT2D eigenvalue weighted by atomic mass is 16.3. The predicted octanol–water partition coefficient (Wildman–Crippen LogP) is 15.2. The summed E-state index contributed by atoms with van der Waals surface area (Å²) in [6.45, 7) is 16.7. The van der Waals surface area contributed by atoms with Crippen LogP contribution in [0.3, 0.4) is 0 Å². The van der Waals surface area contributed by atoms with E-state index in [2.05, 4.69) is 167 Å². The fourth-order valence-electron chi connectivity index (χ4n) is 12.4. The van der Waals surface area contributed by atoms with Crippen molar-refractivity contribution in [1.29, 1.82) is 0 Å². The molecule has 4 nitrogen and oxygen atoms in total. The maximum absolute atomic E-state index is 7.18. The average Bonchev–Trinajstić information content (AvgIpc) is 3.97. The van der Waals surface area contributed by atoms with Crippen LogP contribution in [-0.2, 0) is 23.7 Å². The molecule has 5 heteroatoms. The summed E-state index contributed by atoms with van der Waals surface area (Å²) in [6, 6.07) is 42.0. The summed E-state index contributed by atoms with van der Waals surface area (Å²) in [6.07, 6.45) is 9.17. The van der Waals surface area contributed by atoms with Gasteiger partial charge in [-0.2, -0.15) is 0 Å². The van der Waals surface area contributed by atoms with E-state index in [4.69, 9.17) is 8.83 Å². The van der Waals surface area contributed by atoms with Gasteiger partial charge in [0.15, 0.2) is 0 Å². The minimum absolute atomic E-state index is 0.0416. The summed E-state index contributed by atoms with van der Waals surface area (Å²) in [5.41, 5.74) is 22.1. The van der Waals surface area contributed by atoms with Crippen molar-refractivity contribution in [2.75, 3.05) is 4.81 Å². The normalized spacial score (nSPS) is 15.9. The van der Waals surface area contributed by atoms with E-state index < -0.39 is 0 Å². The first-order chi connectivity index (χ1) is 31.1. The van der Waals surface area contributed by atoms with E-state index in [1.807, 2.05) is 0 Å². The number of anilines is 2. The van der Waals surface area contributed by atoms with Gasteiger partial charge in [-0.3, -0.25) is 0 Å². The lowest BCUT2D eigenvalue weighted by atomic mass is 9.43. The largest absolute Gasteiger partial charge is 0.455 e. The molecule has 0 unspecified atom stereocenters. The number of benzene rings is 7. The van der Waals surface area contributed by atoms with Crippen LogP contribution in [0.2, 0.25) is 0 Å². The maximum Gasteiger partial charge on any atom is 0.333 e. The van der Waals surface area contributed by atoms with Crippen molar-refractivity contribution in [3.63, 3.8) is 0 Å². The summed E-state index contributed by atoms with van der Waals surface area (Å²) < 4.78 is 17.0. The molecule has 3 aliphatic rings. The van der Waals surface area contributed by atoms with Gasteiger partial charge in [0.2, 0.25) is 0 Å². The molecule has 0 spiro atoms. The van der Waals surface area contributed by atoms with Crippen molar-refractivity contribution < 1.29 is 8.83 Å². The van der Waals surface area contributed by atoms with Crippen molar-refractivity contribution in [2.45, 2.75) is 111 Å². The topological polar surface area (TPSA) is 34.5 Å². The van der Waals surface area contributed by atoms with Crippen molar-refractivity contribution in [1.82, 2.24) is 4.57 Å². The Balaban J connectivity index is 1.24. The van der Waals surface area contributed by atoms with Crippen LogP contribution in [0.1, 0.15) is 108 Å². The Kier molecular flexibility index (Phi) is 8.03. The molecule has 2 aliphatic heterocycles. The maximum atomic E-state index is 7.18. The second-order valence-electron chi connectivity index (χ2n) is 20.8. The number of hydrogen-bond acceptors (Lipinski definition) is 3. The van der Waals surface area contributed by atoms with Crippen molar-refractivity contribution in [3.8, 4) is 16.8 Å². The van der Waals surface area contributed by atoms with Crippen molar-refractivity contribution >= 4 is 94.8 Å². The lowest BCUT2D eigenvalue weighted by molar-refractivity contribution is 0.332. The first kappa shape index (κ1) is 38.3. The molecule has 0 saturated heterocycles. The van der Waals surface area contributed by atoms with Gasteiger partial charge in [0, 0.05) is 54.9 Å². The number of fused-ring (bicyclic) bond motifs is 16. The van der Waals surface area contributed by atoms with Crippen LogP contribution in [-0.4, -0.2) is 11.4 Å². The summed E-state index contributed by atoms with van der Waals surface area (Å²) in [7, 11) is 0. The first-order valence-electron chi connectivity index (χ1n) is 24.0. The molecule has 0 radical (unpaired) electrons. The van der Waals surface area contributed by atoms with Gasteiger partial charge in [-0.1, -0.05) is 109 Å². The molecular formula is C59H55BN2O2. The number of hydrogen-bond donors (Lipinski definition) is 0. The van der Waals surface area contributed by atoms with Crippen LogP contribution >= 0.6 is 0 Å². The minimum Gasteiger partial charge on any atom is -0.455 e. The van der Waals surface area contributed by atoms with Crippen LogP contribution in [0.15, 0.2) is 118 Å². The standard InChI is InChI=1S/C59H55BN2O2/c1-8-10-16-35-22-24-46-40(29-35)41-30-36(17-11-9-2)31-45-55(41)61(46)49-32-42-38-19-13-15-21-51(38)64-57(42)53-52-47(25-23-39-37-18-12-14-20-50(37)63-56(39)52)62(60(45)54(49)53)48-33-44-43(28-34(48)3)58(4,5)26-27-59(44,6)7/h12-15,18-25,28-33H,8-11,16-17,26-27H2,1-7H3. The second-order valence-corrected chi connectivity index (χ2v) is 20.8. The van der Waals surface area contributed by atoms with Crippen LogP contribution in [0.25, 0.3) is 82.5 Å². The lowest BCUT2D eigenvalue weighted by Gasteiger charge is -2.45. The number of aryl methyl sites for hydroxylation is 3. The molecule has 316 valence electrons. The van der Waals surface area contributed by atoms with E-state index in [0.29, 0.717) is 0 Å². The molecule has 7 aromatic carbocycles. The van der Waals surface area contributed by atoms with E-state index in [1.54, 1.807) is 0 Å². The van der Waals surface area contributed by atoms with Crippen LogP contribution in [0.5, 0.6) is 0 Å². The van der Waals surface area contributed by atoms with E-state index in [1.165, 1.54) is 91.2 Å². The van der Waals surface area contributed by atoms with Crippen LogP contribution < -0.4 is 15.7 Å². The van der Waals surface area contributed by atoms with Gasteiger partial charge in [-0.15, -0.1) is 0 Å². The van der Waals surface area contributed by atoms with E-state index in [9.17, 15) is 0 Å². The quantitative estimate of drug-likeness (QED) is 0.150. The number of nitrogens with zero attached hydrogens (tertiary/aromatic N) is 2. The fourth-order valence-corrected chi connectivity index (χ4v) is 12.4. The summed E-state index contributed by atoms with van der Waals surface area (Å²) >= 11 is 0. The highest BCUT2D eigenvalue weighted by molar-refractivity contribution is 6.94. The van der Waals surface area contributed by atoms with Crippen molar-refractivity contribution in [3.05, 3.63) is 137 Å². The van der Waals surface area contributed by atoms with Gasteiger partial charge in [0.05, 0.1) is 16.6 Å². The third-order valence-corrected chi connectivity index (χ3v) is 15.9. The lowest BCUT2D eigenvalue weighted by Crippen LogP contribution is -2.61. The Morgan fingerprint density at radius 3 is 1.92 bits per heavy atom. The number of para-hydroxylation sites is 2. The molecule has 5 heterocycles. The van der Waals surface area contributed by atoms with E-state index in [-0.39, 0.29) is 17.7 Å². The first-order valence-corrected chi connectivity index (χ1v) is 24.0.